The summed E-state index contributed by atoms with van der Waals surface area (Å²) in [7, 11) is 0. The van der Waals surface area contributed by atoms with Gasteiger partial charge in [0.2, 0.25) is 0 Å². The van der Waals surface area contributed by atoms with Crippen LogP contribution in [0.25, 0.3) is 0 Å². The van der Waals surface area contributed by atoms with Gasteiger partial charge in [-0.25, -0.2) is 4.39 Å². The second-order valence-electron chi connectivity index (χ2n) is 5.52. The van der Waals surface area contributed by atoms with Gasteiger partial charge in [0.1, 0.15) is 5.82 Å². The summed E-state index contributed by atoms with van der Waals surface area (Å²) in [6.07, 6.45) is 3.70. The first-order valence-electron chi connectivity index (χ1n) is 7.43. The zero-order chi connectivity index (χ0) is 13.7. The van der Waals surface area contributed by atoms with Crippen molar-refractivity contribution in [1.82, 2.24) is 10.2 Å². The number of nitrogens with one attached hydrogen (secondary N) is 1. The third kappa shape index (κ3) is 4.02. The molecule has 1 heterocycles. The number of hydrogen-bond acceptors (Lipinski definition) is 2. The van der Waals surface area contributed by atoms with Crippen LogP contribution in [-0.4, -0.2) is 30.6 Å². The topological polar surface area (TPSA) is 15.3 Å². The van der Waals surface area contributed by atoms with Crippen molar-refractivity contribution >= 4 is 0 Å². The Kier molecular flexibility index (Phi) is 5.34. The van der Waals surface area contributed by atoms with Crippen molar-refractivity contribution < 1.29 is 4.39 Å². The van der Waals surface area contributed by atoms with Gasteiger partial charge in [0.15, 0.2) is 0 Å². The van der Waals surface area contributed by atoms with E-state index >= 15 is 0 Å². The summed E-state index contributed by atoms with van der Waals surface area (Å²) in [5.74, 6) is -0.155. The van der Waals surface area contributed by atoms with E-state index in [0.29, 0.717) is 12.1 Å². The largest absolute Gasteiger partial charge is 0.313 e. The van der Waals surface area contributed by atoms with Gasteiger partial charge < -0.3 is 5.32 Å². The summed E-state index contributed by atoms with van der Waals surface area (Å²) in [5, 5.41) is 3.62. The van der Waals surface area contributed by atoms with Crippen LogP contribution in [0.2, 0.25) is 0 Å². The Labute approximate surface area is 116 Å². The van der Waals surface area contributed by atoms with Crippen molar-refractivity contribution in [2.45, 2.75) is 45.2 Å². The number of halogens is 1. The maximum atomic E-state index is 13.0. The average molecular weight is 264 g/mol. The fourth-order valence-electron chi connectivity index (χ4n) is 2.83. The number of rotatable bonds is 5. The molecule has 1 N–H and O–H groups in total. The highest BCUT2D eigenvalue weighted by molar-refractivity contribution is 5.19. The molecular weight excluding hydrogens is 239 g/mol. The molecule has 0 aliphatic carbocycles. The number of piperidine rings is 1. The maximum absolute atomic E-state index is 13.0. The maximum Gasteiger partial charge on any atom is 0.123 e. The van der Waals surface area contributed by atoms with Crippen LogP contribution in [-0.2, 0) is 0 Å². The molecule has 2 rings (SSSR count). The quantitative estimate of drug-likeness (QED) is 0.877. The molecule has 0 spiro atoms. The molecule has 1 aromatic rings. The number of likely N-dealkylation sites (tertiary alicyclic amines) is 1. The molecule has 106 valence electrons. The first-order valence-corrected chi connectivity index (χ1v) is 7.43. The van der Waals surface area contributed by atoms with Crippen LogP contribution < -0.4 is 5.32 Å². The molecule has 2 nitrogen and oxygen atoms in total. The van der Waals surface area contributed by atoms with E-state index in [0.717, 1.165) is 19.6 Å². The summed E-state index contributed by atoms with van der Waals surface area (Å²) < 4.78 is 13.0. The Bertz CT molecular complexity index is 377. The normalized spacial score (nSPS) is 22.4. The molecule has 2 atom stereocenters. The minimum absolute atomic E-state index is 0.155. The van der Waals surface area contributed by atoms with Gasteiger partial charge in [-0.05, 0) is 57.0 Å². The van der Waals surface area contributed by atoms with Crippen LogP contribution in [0, 0.1) is 5.82 Å². The third-order valence-corrected chi connectivity index (χ3v) is 4.04. The summed E-state index contributed by atoms with van der Waals surface area (Å²) in [6, 6.07) is 7.90. The highest BCUT2D eigenvalue weighted by atomic mass is 19.1. The van der Waals surface area contributed by atoms with Crippen LogP contribution in [0.15, 0.2) is 24.3 Å². The second-order valence-corrected chi connectivity index (χ2v) is 5.52. The molecule has 1 aromatic carbocycles. The van der Waals surface area contributed by atoms with Crippen molar-refractivity contribution in [2.24, 2.45) is 0 Å². The monoisotopic (exact) mass is 264 g/mol. The Morgan fingerprint density at radius 3 is 2.79 bits per heavy atom. The lowest BCUT2D eigenvalue weighted by atomic mass is 10.0. The van der Waals surface area contributed by atoms with Crippen molar-refractivity contribution in [2.75, 3.05) is 19.6 Å². The fraction of sp³-hybridized carbons (Fsp3) is 0.625. The smallest absolute Gasteiger partial charge is 0.123 e. The van der Waals surface area contributed by atoms with Crippen LogP contribution in [0.1, 0.15) is 44.7 Å². The highest BCUT2D eigenvalue weighted by Gasteiger charge is 2.23. The van der Waals surface area contributed by atoms with Crippen LogP contribution in [0.5, 0.6) is 0 Å². The van der Waals surface area contributed by atoms with E-state index in [-0.39, 0.29) is 5.82 Å². The van der Waals surface area contributed by atoms with Gasteiger partial charge in [-0.1, -0.05) is 19.1 Å². The molecule has 1 aliphatic heterocycles. The molecule has 2 unspecified atom stereocenters. The standard InChI is InChI=1S/C16H25FN2/c1-3-10-18-16-5-4-11-19(12-16)13(2)14-6-8-15(17)9-7-14/h6-9,13,16,18H,3-5,10-12H2,1-2H3. The van der Waals surface area contributed by atoms with Crippen molar-refractivity contribution in [3.63, 3.8) is 0 Å². The lowest BCUT2D eigenvalue weighted by Crippen LogP contribution is -2.46. The van der Waals surface area contributed by atoms with Crippen molar-refractivity contribution in [3.05, 3.63) is 35.6 Å². The van der Waals surface area contributed by atoms with Crippen LogP contribution >= 0.6 is 0 Å². The molecular formula is C16H25FN2. The van der Waals surface area contributed by atoms with E-state index in [1.807, 2.05) is 12.1 Å². The number of hydrogen-bond donors (Lipinski definition) is 1. The SMILES string of the molecule is CCCNC1CCCN(C(C)c2ccc(F)cc2)C1. The minimum Gasteiger partial charge on any atom is -0.313 e. The second kappa shape index (κ2) is 7.01. The molecule has 0 saturated carbocycles. The van der Waals surface area contributed by atoms with Gasteiger partial charge >= 0.3 is 0 Å². The molecule has 1 fully saturated rings. The van der Waals surface area contributed by atoms with E-state index < -0.39 is 0 Å². The molecule has 3 heteroatoms. The lowest BCUT2D eigenvalue weighted by Gasteiger charge is -2.37. The summed E-state index contributed by atoms with van der Waals surface area (Å²) in [5.41, 5.74) is 1.21. The zero-order valence-electron chi connectivity index (χ0n) is 12.0. The third-order valence-electron chi connectivity index (χ3n) is 4.04. The van der Waals surface area contributed by atoms with Crippen LogP contribution in [0.4, 0.5) is 4.39 Å². The van der Waals surface area contributed by atoms with Gasteiger partial charge in [0.05, 0.1) is 0 Å². The molecule has 1 saturated heterocycles. The van der Waals surface area contributed by atoms with E-state index in [9.17, 15) is 4.39 Å². The molecule has 1 aliphatic rings. The van der Waals surface area contributed by atoms with Gasteiger partial charge in [-0.3, -0.25) is 4.90 Å². The number of benzene rings is 1. The number of nitrogens with zero attached hydrogens (tertiary/aromatic N) is 1. The predicted molar refractivity (Wildman–Crippen MR) is 77.7 cm³/mol. The van der Waals surface area contributed by atoms with E-state index in [2.05, 4.69) is 24.1 Å². The van der Waals surface area contributed by atoms with Gasteiger partial charge in [0.25, 0.3) is 0 Å². The van der Waals surface area contributed by atoms with E-state index in [1.165, 1.54) is 24.8 Å². The Morgan fingerprint density at radius 2 is 2.11 bits per heavy atom. The van der Waals surface area contributed by atoms with Gasteiger partial charge in [-0.2, -0.15) is 0 Å². The lowest BCUT2D eigenvalue weighted by molar-refractivity contribution is 0.146. The van der Waals surface area contributed by atoms with Crippen LogP contribution in [0.3, 0.4) is 0 Å². The summed E-state index contributed by atoms with van der Waals surface area (Å²) in [4.78, 5) is 2.50. The zero-order valence-corrected chi connectivity index (χ0v) is 12.0. The van der Waals surface area contributed by atoms with Gasteiger partial charge in [-0.15, -0.1) is 0 Å². The molecule has 0 radical (unpaired) electrons. The fourth-order valence-corrected chi connectivity index (χ4v) is 2.83. The first-order chi connectivity index (χ1) is 9.20. The van der Waals surface area contributed by atoms with Crippen molar-refractivity contribution in [3.8, 4) is 0 Å². The van der Waals surface area contributed by atoms with E-state index in [1.54, 1.807) is 12.1 Å². The average Bonchev–Trinajstić information content (AvgIpc) is 2.45. The van der Waals surface area contributed by atoms with E-state index in [4.69, 9.17) is 0 Å². The Balaban J connectivity index is 1.94. The first kappa shape index (κ1) is 14.5. The molecule has 0 amide bonds. The minimum atomic E-state index is -0.155. The Hall–Kier alpha value is -0.930. The van der Waals surface area contributed by atoms with Gasteiger partial charge in [0, 0.05) is 18.6 Å². The molecule has 19 heavy (non-hydrogen) atoms. The molecule has 0 aromatic heterocycles. The summed E-state index contributed by atoms with van der Waals surface area (Å²) in [6.45, 7) is 7.76. The van der Waals surface area contributed by atoms with Crippen molar-refractivity contribution in [1.29, 1.82) is 0 Å². The predicted octanol–water partition coefficient (Wildman–Crippen LogP) is 3.35. The molecule has 0 bridgehead atoms. The highest BCUT2D eigenvalue weighted by Crippen LogP contribution is 2.24. The summed E-state index contributed by atoms with van der Waals surface area (Å²) >= 11 is 0. The Morgan fingerprint density at radius 1 is 1.37 bits per heavy atom.